The Bertz CT molecular complexity index is 1760. The van der Waals surface area contributed by atoms with E-state index in [9.17, 15) is 8.42 Å². The molecule has 0 amide bonds. The Morgan fingerprint density at radius 2 is 1.26 bits per heavy atom. The van der Waals surface area contributed by atoms with E-state index in [0.717, 1.165) is 0 Å². The summed E-state index contributed by atoms with van der Waals surface area (Å²) in [6, 6.07) is 35.1. The highest BCUT2D eigenvalue weighted by Crippen LogP contribution is 2.39. The molecule has 2 aliphatic rings. The molecule has 2 aliphatic heterocycles. The smallest absolute Gasteiger partial charge is 0.236 e. The van der Waals surface area contributed by atoms with E-state index in [4.69, 9.17) is 13.9 Å². The minimum atomic E-state index is -4.05. The van der Waals surface area contributed by atoms with Gasteiger partial charge in [-0.05, 0) is 35.4 Å². The van der Waals surface area contributed by atoms with Crippen LogP contribution in [-0.2, 0) is 9.84 Å². The van der Waals surface area contributed by atoms with Crippen LogP contribution in [0.4, 0.5) is 5.88 Å². The van der Waals surface area contributed by atoms with Crippen LogP contribution in [0.1, 0.15) is 17.2 Å². The van der Waals surface area contributed by atoms with E-state index in [2.05, 4.69) is 58.4 Å². The van der Waals surface area contributed by atoms with Gasteiger partial charge >= 0.3 is 0 Å². The van der Waals surface area contributed by atoms with E-state index in [1.165, 1.54) is 23.3 Å². The van der Waals surface area contributed by atoms with Crippen LogP contribution in [0.3, 0.4) is 0 Å². The van der Waals surface area contributed by atoms with Crippen LogP contribution in [0.2, 0.25) is 0 Å². The van der Waals surface area contributed by atoms with Crippen molar-refractivity contribution in [1.82, 2.24) is 9.88 Å². The zero-order valence-electron chi connectivity index (χ0n) is 23.5. The van der Waals surface area contributed by atoms with Crippen molar-refractivity contribution in [2.75, 3.05) is 44.3 Å². The summed E-state index contributed by atoms with van der Waals surface area (Å²) in [4.78, 5) is 9.09. The fourth-order valence-corrected chi connectivity index (χ4v) is 7.08. The minimum Gasteiger partial charge on any atom is -0.486 e. The van der Waals surface area contributed by atoms with Gasteiger partial charge < -0.3 is 18.8 Å². The van der Waals surface area contributed by atoms with Crippen LogP contribution in [-0.4, -0.2) is 57.7 Å². The van der Waals surface area contributed by atoms with Crippen LogP contribution >= 0.6 is 0 Å². The van der Waals surface area contributed by atoms with E-state index < -0.39 is 9.84 Å². The summed E-state index contributed by atoms with van der Waals surface area (Å²) in [6.45, 7) is 3.35. The van der Waals surface area contributed by atoms with Crippen molar-refractivity contribution < 1.29 is 22.3 Å². The van der Waals surface area contributed by atoms with Gasteiger partial charge in [0.1, 0.15) is 13.2 Å². The molecule has 0 atom stereocenters. The zero-order chi connectivity index (χ0) is 29.2. The Kier molecular flexibility index (Phi) is 7.34. The molecule has 3 heterocycles. The maximum Gasteiger partial charge on any atom is 0.236 e. The van der Waals surface area contributed by atoms with Crippen molar-refractivity contribution in [3.05, 3.63) is 120 Å². The predicted molar refractivity (Wildman–Crippen MR) is 163 cm³/mol. The summed E-state index contributed by atoms with van der Waals surface area (Å²) in [5, 5.41) is -0.0980. The fourth-order valence-electron chi connectivity index (χ4n) is 5.75. The molecule has 0 bridgehead atoms. The number of oxazole rings is 1. The highest BCUT2D eigenvalue weighted by atomic mass is 32.2. The average molecular weight is 594 g/mol. The van der Waals surface area contributed by atoms with E-state index >= 15 is 0 Å². The number of sulfone groups is 1. The van der Waals surface area contributed by atoms with Crippen molar-refractivity contribution in [3.8, 4) is 23.0 Å². The second-order valence-electron chi connectivity index (χ2n) is 10.6. The van der Waals surface area contributed by atoms with Gasteiger partial charge in [-0.15, -0.1) is 0 Å². The summed E-state index contributed by atoms with van der Waals surface area (Å²) in [6.07, 6.45) is 0. The third-order valence-corrected chi connectivity index (χ3v) is 9.53. The topological polar surface area (TPSA) is 85.1 Å². The van der Waals surface area contributed by atoms with Gasteiger partial charge in [-0.1, -0.05) is 78.9 Å². The van der Waals surface area contributed by atoms with Gasteiger partial charge in [-0.3, -0.25) is 4.90 Å². The minimum absolute atomic E-state index is 0.0813. The lowest BCUT2D eigenvalue weighted by Gasteiger charge is -2.39. The van der Waals surface area contributed by atoms with Gasteiger partial charge in [0, 0.05) is 37.8 Å². The SMILES string of the molecule is O=S(=O)(c1ccc2c(c1)OCCO2)c1nc(-c2ccccc2)oc1N1CCN(C(c2ccccc2)c2ccccc2)CC1. The highest BCUT2D eigenvalue weighted by Gasteiger charge is 2.35. The van der Waals surface area contributed by atoms with Gasteiger partial charge in [0.05, 0.1) is 10.9 Å². The fraction of sp³-hybridized carbons (Fsp3) is 0.206. The van der Waals surface area contributed by atoms with Crippen molar-refractivity contribution in [3.63, 3.8) is 0 Å². The largest absolute Gasteiger partial charge is 0.486 e. The quantitative estimate of drug-likeness (QED) is 0.232. The number of nitrogens with zero attached hydrogens (tertiary/aromatic N) is 3. The molecule has 4 aromatic carbocycles. The summed E-state index contributed by atoms with van der Waals surface area (Å²) in [5.41, 5.74) is 3.14. The second-order valence-corrected chi connectivity index (χ2v) is 12.4. The first-order chi connectivity index (χ1) is 21.1. The van der Waals surface area contributed by atoms with E-state index in [0.29, 0.717) is 56.5 Å². The van der Waals surface area contributed by atoms with Gasteiger partial charge in [0.15, 0.2) is 11.5 Å². The molecule has 7 rings (SSSR count). The summed E-state index contributed by atoms with van der Waals surface area (Å²) < 4.78 is 45.8. The molecule has 1 fully saturated rings. The second kappa shape index (κ2) is 11.6. The number of benzene rings is 4. The molecule has 0 N–H and O–H groups in total. The first kappa shape index (κ1) is 27.2. The van der Waals surface area contributed by atoms with E-state index in [1.54, 1.807) is 6.07 Å². The Hall–Kier alpha value is -4.60. The van der Waals surface area contributed by atoms with E-state index in [1.807, 2.05) is 47.4 Å². The first-order valence-electron chi connectivity index (χ1n) is 14.4. The summed E-state index contributed by atoms with van der Waals surface area (Å²) in [5.74, 6) is 1.45. The Morgan fingerprint density at radius 3 is 1.88 bits per heavy atom. The third-order valence-electron chi connectivity index (χ3n) is 7.88. The standard InChI is InChI=1S/C34H31N3O5S/c38-43(39,28-16-17-29-30(24-28)41-23-22-40-29)33-34(42-32(35-33)27-14-8-3-9-15-27)37-20-18-36(19-21-37)31(25-10-4-1-5-11-25)26-12-6-2-7-13-26/h1-17,24,31H,18-23H2. The van der Waals surface area contributed by atoms with Crippen molar-refractivity contribution in [1.29, 1.82) is 0 Å². The zero-order valence-corrected chi connectivity index (χ0v) is 24.3. The predicted octanol–water partition coefficient (Wildman–Crippen LogP) is 5.86. The van der Waals surface area contributed by atoms with Crippen LogP contribution in [0, 0.1) is 0 Å². The molecular formula is C34H31N3O5S. The van der Waals surface area contributed by atoms with Gasteiger partial charge in [-0.2, -0.15) is 4.98 Å². The number of piperazine rings is 1. The lowest BCUT2D eigenvalue weighted by Crippen LogP contribution is -2.48. The molecule has 43 heavy (non-hydrogen) atoms. The summed E-state index contributed by atoms with van der Waals surface area (Å²) >= 11 is 0. The Balaban J connectivity index is 1.22. The van der Waals surface area contributed by atoms with Crippen LogP contribution in [0.25, 0.3) is 11.5 Å². The molecule has 1 aromatic heterocycles. The lowest BCUT2D eigenvalue weighted by molar-refractivity contribution is 0.171. The van der Waals surface area contributed by atoms with Crippen molar-refractivity contribution >= 4 is 15.7 Å². The molecule has 218 valence electrons. The monoisotopic (exact) mass is 593 g/mol. The molecular weight excluding hydrogens is 562 g/mol. The van der Waals surface area contributed by atoms with Gasteiger partial charge in [-0.25, -0.2) is 8.42 Å². The molecule has 9 heteroatoms. The molecule has 0 radical (unpaired) electrons. The average Bonchev–Trinajstić information content (AvgIpc) is 3.53. The number of ether oxygens (including phenoxy) is 2. The molecule has 0 unspecified atom stereocenters. The normalized spacial score (nSPS) is 15.5. The van der Waals surface area contributed by atoms with Gasteiger partial charge in [0.25, 0.3) is 0 Å². The number of rotatable bonds is 7. The summed E-state index contributed by atoms with van der Waals surface area (Å²) in [7, 11) is -4.05. The maximum absolute atomic E-state index is 14.1. The maximum atomic E-state index is 14.1. The number of hydrogen-bond donors (Lipinski definition) is 0. The van der Waals surface area contributed by atoms with Crippen LogP contribution in [0.15, 0.2) is 124 Å². The molecule has 1 saturated heterocycles. The molecule has 0 aliphatic carbocycles. The number of aromatic nitrogens is 1. The third kappa shape index (κ3) is 5.37. The number of hydrogen-bond acceptors (Lipinski definition) is 8. The number of anilines is 1. The highest BCUT2D eigenvalue weighted by molar-refractivity contribution is 7.91. The van der Waals surface area contributed by atoms with Gasteiger partial charge in [0.2, 0.25) is 26.6 Å². The number of fused-ring (bicyclic) bond motifs is 1. The first-order valence-corrected chi connectivity index (χ1v) is 15.9. The molecule has 0 spiro atoms. The Morgan fingerprint density at radius 1 is 0.674 bits per heavy atom. The molecule has 8 nitrogen and oxygen atoms in total. The Labute approximate surface area is 251 Å². The molecule has 0 saturated carbocycles. The van der Waals surface area contributed by atoms with Crippen LogP contribution in [0.5, 0.6) is 11.5 Å². The lowest BCUT2D eigenvalue weighted by atomic mass is 9.96. The molecule has 5 aromatic rings. The van der Waals surface area contributed by atoms with Crippen molar-refractivity contribution in [2.24, 2.45) is 0 Å². The van der Waals surface area contributed by atoms with Crippen LogP contribution < -0.4 is 14.4 Å². The van der Waals surface area contributed by atoms with Crippen molar-refractivity contribution in [2.45, 2.75) is 16.0 Å². The van der Waals surface area contributed by atoms with E-state index in [-0.39, 0.29) is 27.7 Å².